The summed E-state index contributed by atoms with van der Waals surface area (Å²) in [4.78, 5) is 4.81. The third-order valence-electron chi connectivity index (χ3n) is 4.59. The van der Waals surface area contributed by atoms with Gasteiger partial charge in [-0.25, -0.2) is 17.8 Å². The number of aromatic nitrogens is 1. The van der Waals surface area contributed by atoms with Crippen LogP contribution in [-0.2, 0) is 16.4 Å². The summed E-state index contributed by atoms with van der Waals surface area (Å²) in [5.41, 5.74) is 1.12. The molecule has 0 amide bonds. The third-order valence-corrected chi connectivity index (χ3v) is 8.10. The first-order valence-electron chi connectivity index (χ1n) is 8.88. The average Bonchev–Trinajstić information content (AvgIpc) is 3.23. The van der Waals surface area contributed by atoms with Crippen molar-refractivity contribution in [3.8, 4) is 22.9 Å². The van der Waals surface area contributed by atoms with Gasteiger partial charge in [-0.15, -0.1) is 11.3 Å². The van der Waals surface area contributed by atoms with Gasteiger partial charge in [0.05, 0.1) is 12.2 Å². The Hall–Kier alpha value is -2.96. The van der Waals surface area contributed by atoms with Crippen molar-refractivity contribution in [1.82, 2.24) is 4.98 Å². The molecule has 0 unspecified atom stereocenters. The molecule has 0 saturated heterocycles. The molecule has 0 spiro atoms. The molecule has 1 aromatic carbocycles. The van der Waals surface area contributed by atoms with Crippen LogP contribution in [0, 0.1) is 17.1 Å². The monoisotopic (exact) mass is 429 g/mol. The number of nitriles is 1. The molecule has 29 heavy (non-hydrogen) atoms. The molecule has 3 aromatic rings. The minimum Gasteiger partial charge on any atom is -0.489 e. The van der Waals surface area contributed by atoms with Crippen LogP contribution in [0.3, 0.4) is 0 Å². The van der Waals surface area contributed by atoms with Gasteiger partial charge in [-0.3, -0.25) is 4.31 Å². The van der Waals surface area contributed by atoms with Crippen LogP contribution in [0.15, 0.2) is 46.8 Å². The minimum absolute atomic E-state index is 0.179. The van der Waals surface area contributed by atoms with Crippen LogP contribution < -0.4 is 9.04 Å². The lowest BCUT2D eigenvalue weighted by molar-refractivity contribution is 0.316. The van der Waals surface area contributed by atoms with Crippen molar-refractivity contribution in [1.29, 1.82) is 5.26 Å². The summed E-state index contributed by atoms with van der Waals surface area (Å²) in [6.07, 6.45) is 2.15. The number of fused-ring (bicyclic) bond motifs is 1. The van der Waals surface area contributed by atoms with Gasteiger partial charge in [-0.1, -0.05) is 13.0 Å². The maximum absolute atomic E-state index is 14.0. The molecule has 148 valence electrons. The number of thiophene rings is 1. The van der Waals surface area contributed by atoms with Gasteiger partial charge in [0.1, 0.15) is 22.6 Å². The maximum Gasteiger partial charge on any atom is 0.274 e. The molecule has 4 rings (SSSR count). The number of aryl methyl sites for hydroxylation is 1. The smallest absolute Gasteiger partial charge is 0.274 e. The molecule has 2 aromatic heterocycles. The fraction of sp³-hybridized carbons (Fsp3) is 0.200. The zero-order valence-electron chi connectivity index (χ0n) is 15.4. The van der Waals surface area contributed by atoms with Crippen LogP contribution in [0.5, 0.6) is 5.75 Å². The van der Waals surface area contributed by atoms with E-state index in [4.69, 9.17) is 10.00 Å². The number of halogens is 1. The van der Waals surface area contributed by atoms with Crippen molar-refractivity contribution in [2.45, 2.75) is 17.6 Å². The second-order valence-corrected chi connectivity index (χ2v) is 9.61. The molecular weight excluding hydrogens is 413 g/mol. The van der Waals surface area contributed by atoms with Gasteiger partial charge in [-0.2, -0.15) is 5.26 Å². The summed E-state index contributed by atoms with van der Waals surface area (Å²) < 4.78 is 47.7. The first-order chi connectivity index (χ1) is 13.9. The predicted octanol–water partition coefficient (Wildman–Crippen LogP) is 3.97. The van der Waals surface area contributed by atoms with Crippen molar-refractivity contribution in [3.05, 3.63) is 59.0 Å². The highest BCUT2D eigenvalue weighted by atomic mass is 32.2. The van der Waals surface area contributed by atoms with Gasteiger partial charge in [0.15, 0.2) is 11.5 Å². The van der Waals surface area contributed by atoms with Crippen LogP contribution in [0.25, 0.3) is 11.1 Å². The Labute approximate surface area is 171 Å². The quantitative estimate of drug-likeness (QED) is 0.627. The number of anilines is 1. The number of hydrogen-bond donors (Lipinski definition) is 0. The third kappa shape index (κ3) is 3.45. The largest absolute Gasteiger partial charge is 0.489 e. The van der Waals surface area contributed by atoms with Gasteiger partial charge in [0.25, 0.3) is 10.0 Å². The number of pyridine rings is 1. The summed E-state index contributed by atoms with van der Waals surface area (Å²) in [6.45, 7) is 2.39. The van der Waals surface area contributed by atoms with E-state index in [-0.39, 0.29) is 23.1 Å². The van der Waals surface area contributed by atoms with E-state index >= 15 is 0 Å². The lowest BCUT2D eigenvalue weighted by Gasteiger charge is -2.30. The van der Waals surface area contributed by atoms with Crippen LogP contribution >= 0.6 is 11.3 Å². The van der Waals surface area contributed by atoms with Gasteiger partial charge in [-0.05, 0) is 42.3 Å². The van der Waals surface area contributed by atoms with Crippen LogP contribution in [0.4, 0.5) is 10.1 Å². The summed E-state index contributed by atoms with van der Waals surface area (Å²) in [7, 11) is -3.74. The number of benzene rings is 1. The van der Waals surface area contributed by atoms with Gasteiger partial charge >= 0.3 is 0 Å². The second kappa shape index (κ2) is 7.46. The molecule has 0 N–H and O–H groups in total. The predicted molar refractivity (Wildman–Crippen MR) is 108 cm³/mol. The molecule has 0 radical (unpaired) electrons. The lowest BCUT2D eigenvalue weighted by atomic mass is 10.1. The standard InChI is InChI=1S/C20H16FN3O3S2/c1-2-15-4-6-20(28-15)29(25,26)24-7-8-27-19-5-3-13(10-18(19)24)14-9-16(21)17(11-22)23-12-14/h3-6,9-10,12H,2,7-8H2,1H3. The Kier molecular flexibility index (Phi) is 4.98. The Bertz CT molecular complexity index is 1230. The van der Waals surface area contributed by atoms with Crippen molar-refractivity contribution in [2.24, 2.45) is 0 Å². The summed E-state index contributed by atoms with van der Waals surface area (Å²) in [6, 6.07) is 11.3. The highest BCUT2D eigenvalue weighted by Gasteiger charge is 2.31. The van der Waals surface area contributed by atoms with Gasteiger partial charge in [0.2, 0.25) is 0 Å². The number of hydrogen-bond acceptors (Lipinski definition) is 6. The maximum atomic E-state index is 14.0. The Morgan fingerprint density at radius 2 is 2.10 bits per heavy atom. The fourth-order valence-electron chi connectivity index (χ4n) is 3.10. The average molecular weight is 429 g/mol. The van der Waals surface area contributed by atoms with E-state index < -0.39 is 15.8 Å². The van der Waals surface area contributed by atoms with E-state index in [2.05, 4.69) is 4.98 Å². The summed E-state index contributed by atoms with van der Waals surface area (Å²) in [5.74, 6) is -0.285. The molecule has 9 heteroatoms. The van der Waals surface area contributed by atoms with Crippen molar-refractivity contribution < 1.29 is 17.5 Å². The van der Waals surface area contributed by atoms with Crippen molar-refractivity contribution in [2.75, 3.05) is 17.5 Å². The van der Waals surface area contributed by atoms with E-state index in [1.807, 2.05) is 13.0 Å². The Morgan fingerprint density at radius 3 is 2.79 bits per heavy atom. The molecule has 1 aliphatic rings. The first-order valence-corrected chi connectivity index (χ1v) is 11.1. The van der Waals surface area contributed by atoms with E-state index in [0.29, 0.717) is 22.6 Å². The zero-order valence-corrected chi connectivity index (χ0v) is 17.1. The molecular formula is C20H16FN3O3S2. The number of rotatable bonds is 4. The summed E-state index contributed by atoms with van der Waals surface area (Å²) in [5, 5.41) is 8.85. The molecule has 1 aliphatic heterocycles. The van der Waals surface area contributed by atoms with Crippen molar-refractivity contribution in [3.63, 3.8) is 0 Å². The lowest BCUT2D eigenvalue weighted by Crippen LogP contribution is -2.37. The molecule has 0 fully saturated rings. The first kappa shape index (κ1) is 19.4. The Balaban J connectivity index is 1.78. The highest BCUT2D eigenvalue weighted by molar-refractivity contribution is 7.94. The minimum atomic E-state index is -3.74. The van der Waals surface area contributed by atoms with Crippen molar-refractivity contribution >= 4 is 27.0 Å². The van der Waals surface area contributed by atoms with Crippen LogP contribution in [0.1, 0.15) is 17.5 Å². The van der Waals surface area contributed by atoms with E-state index in [1.165, 1.54) is 27.9 Å². The molecule has 0 atom stereocenters. The van der Waals surface area contributed by atoms with E-state index in [9.17, 15) is 12.8 Å². The fourth-order valence-corrected chi connectivity index (χ4v) is 5.96. The molecule has 3 heterocycles. The summed E-state index contributed by atoms with van der Waals surface area (Å²) >= 11 is 1.25. The van der Waals surface area contributed by atoms with E-state index in [0.717, 1.165) is 11.3 Å². The molecule has 0 saturated carbocycles. The normalized spacial score (nSPS) is 13.5. The molecule has 6 nitrogen and oxygen atoms in total. The SMILES string of the molecule is CCc1ccc(S(=O)(=O)N2CCOc3ccc(-c4cnc(C#N)c(F)c4)cc32)s1. The second-order valence-electron chi connectivity index (χ2n) is 6.35. The number of nitrogens with zero attached hydrogens (tertiary/aromatic N) is 3. The van der Waals surface area contributed by atoms with E-state index in [1.54, 1.807) is 30.3 Å². The van der Waals surface area contributed by atoms with Crippen LogP contribution in [-0.4, -0.2) is 26.6 Å². The van der Waals surface area contributed by atoms with Gasteiger partial charge < -0.3 is 4.74 Å². The number of sulfonamides is 1. The zero-order chi connectivity index (χ0) is 20.6. The number of ether oxygens (including phenoxy) is 1. The van der Waals surface area contributed by atoms with Crippen LogP contribution in [0.2, 0.25) is 0 Å². The van der Waals surface area contributed by atoms with Gasteiger partial charge in [0, 0.05) is 16.6 Å². The molecule has 0 aliphatic carbocycles. The molecule has 0 bridgehead atoms. The topological polar surface area (TPSA) is 83.3 Å². The Morgan fingerprint density at radius 1 is 1.28 bits per heavy atom. The highest BCUT2D eigenvalue weighted by Crippen LogP contribution is 2.39.